The molecule has 0 aliphatic carbocycles. The molecule has 3 aromatic rings. The van der Waals surface area contributed by atoms with Crippen molar-refractivity contribution in [3.63, 3.8) is 0 Å². The lowest BCUT2D eigenvalue weighted by Crippen LogP contribution is -1.79. The van der Waals surface area contributed by atoms with E-state index in [1.807, 2.05) is 36.4 Å². The molecule has 0 aliphatic rings. The molecule has 0 spiro atoms. The Morgan fingerprint density at radius 2 is 1.53 bits per heavy atom. The van der Waals surface area contributed by atoms with Gasteiger partial charge >= 0.3 is 0 Å². The average Bonchev–Trinajstić information content (AvgIpc) is 2.90. The molecule has 0 fully saturated rings. The topological polar surface area (TPSA) is 12.9 Å². The smallest absolute Gasteiger partial charge is 0.124 e. The van der Waals surface area contributed by atoms with Crippen LogP contribution >= 0.6 is 38.9 Å². The van der Waals surface area contributed by atoms with E-state index >= 15 is 0 Å². The molecule has 0 saturated carbocycles. The van der Waals surface area contributed by atoms with Crippen LogP contribution in [-0.2, 0) is 0 Å². The van der Waals surface area contributed by atoms with Gasteiger partial charge in [0.2, 0.25) is 0 Å². The molecule has 3 rings (SSSR count). The van der Waals surface area contributed by atoms with Gasteiger partial charge in [-0.05, 0) is 24.3 Å². The minimum atomic E-state index is 0.744. The Morgan fingerprint density at radius 3 is 2.21 bits per heavy atom. The number of halogens is 2. The molecule has 19 heavy (non-hydrogen) atoms. The predicted octanol–water partition coefficient (Wildman–Crippen LogP) is 5.89. The van der Waals surface area contributed by atoms with Gasteiger partial charge in [0.1, 0.15) is 5.01 Å². The van der Waals surface area contributed by atoms with E-state index in [-0.39, 0.29) is 0 Å². The van der Waals surface area contributed by atoms with Crippen molar-refractivity contribution in [1.82, 2.24) is 4.98 Å². The van der Waals surface area contributed by atoms with Crippen LogP contribution in [0.3, 0.4) is 0 Å². The first-order chi connectivity index (χ1) is 9.22. The van der Waals surface area contributed by atoms with Crippen LogP contribution in [0.25, 0.3) is 21.8 Å². The Morgan fingerprint density at radius 1 is 0.895 bits per heavy atom. The SMILES string of the molecule is Clc1ccc(-c2nc(-c3ccc(Br)cc3)cs2)cc1. The molecular weight excluding hydrogens is 342 g/mol. The molecule has 0 N–H and O–H groups in total. The molecule has 4 heteroatoms. The van der Waals surface area contributed by atoms with Gasteiger partial charge < -0.3 is 0 Å². The fourth-order valence-corrected chi connectivity index (χ4v) is 2.98. The van der Waals surface area contributed by atoms with Crippen LogP contribution in [0.5, 0.6) is 0 Å². The molecule has 1 nitrogen and oxygen atoms in total. The number of hydrogen-bond acceptors (Lipinski definition) is 2. The summed E-state index contributed by atoms with van der Waals surface area (Å²) in [6.07, 6.45) is 0. The first kappa shape index (κ1) is 12.9. The van der Waals surface area contributed by atoms with Crippen molar-refractivity contribution >= 4 is 38.9 Å². The lowest BCUT2D eigenvalue weighted by atomic mass is 10.2. The number of thiazole rings is 1. The van der Waals surface area contributed by atoms with Crippen molar-refractivity contribution < 1.29 is 0 Å². The lowest BCUT2D eigenvalue weighted by Gasteiger charge is -1.97. The summed E-state index contributed by atoms with van der Waals surface area (Å²) in [7, 11) is 0. The van der Waals surface area contributed by atoms with E-state index in [0.717, 1.165) is 31.3 Å². The van der Waals surface area contributed by atoms with Gasteiger partial charge in [0.05, 0.1) is 5.69 Å². The molecule has 1 heterocycles. The van der Waals surface area contributed by atoms with E-state index in [0.29, 0.717) is 0 Å². The van der Waals surface area contributed by atoms with E-state index in [4.69, 9.17) is 11.6 Å². The Bertz CT molecular complexity index is 629. The van der Waals surface area contributed by atoms with Crippen LogP contribution < -0.4 is 0 Å². The molecule has 0 radical (unpaired) electrons. The van der Waals surface area contributed by atoms with Crippen molar-refractivity contribution in [3.05, 3.63) is 63.4 Å². The zero-order valence-corrected chi connectivity index (χ0v) is 13.0. The highest BCUT2D eigenvalue weighted by molar-refractivity contribution is 9.10. The molecule has 0 bridgehead atoms. The summed E-state index contributed by atoms with van der Waals surface area (Å²) in [4.78, 5) is 4.67. The number of rotatable bonds is 2. The van der Waals surface area contributed by atoms with Crippen molar-refractivity contribution in [1.29, 1.82) is 0 Å². The molecule has 94 valence electrons. The van der Waals surface area contributed by atoms with Gasteiger partial charge in [-0.2, -0.15) is 0 Å². The fraction of sp³-hybridized carbons (Fsp3) is 0. The predicted molar refractivity (Wildman–Crippen MR) is 85.7 cm³/mol. The number of nitrogens with zero attached hydrogens (tertiary/aromatic N) is 1. The van der Waals surface area contributed by atoms with Gasteiger partial charge in [0.15, 0.2) is 0 Å². The Balaban J connectivity index is 1.95. The van der Waals surface area contributed by atoms with E-state index in [2.05, 4.69) is 38.4 Å². The van der Waals surface area contributed by atoms with Crippen LogP contribution in [0.1, 0.15) is 0 Å². The molecule has 0 aliphatic heterocycles. The largest absolute Gasteiger partial charge is 0.236 e. The first-order valence-corrected chi connectivity index (χ1v) is 7.75. The van der Waals surface area contributed by atoms with Gasteiger partial charge in [-0.3, -0.25) is 0 Å². The average molecular weight is 351 g/mol. The monoisotopic (exact) mass is 349 g/mol. The maximum absolute atomic E-state index is 5.89. The summed E-state index contributed by atoms with van der Waals surface area (Å²) in [6, 6.07) is 15.9. The second-order valence-electron chi connectivity index (χ2n) is 4.05. The zero-order chi connectivity index (χ0) is 13.2. The third-order valence-corrected chi connectivity index (χ3v) is 4.41. The highest BCUT2D eigenvalue weighted by Gasteiger charge is 2.06. The molecule has 2 aromatic carbocycles. The maximum Gasteiger partial charge on any atom is 0.124 e. The Kier molecular flexibility index (Phi) is 3.69. The zero-order valence-electron chi connectivity index (χ0n) is 9.81. The summed E-state index contributed by atoms with van der Waals surface area (Å²) in [5.41, 5.74) is 3.22. The van der Waals surface area contributed by atoms with Crippen LogP contribution in [0.15, 0.2) is 58.4 Å². The van der Waals surface area contributed by atoms with E-state index < -0.39 is 0 Å². The fourth-order valence-electron chi connectivity index (χ4n) is 1.75. The van der Waals surface area contributed by atoms with Gasteiger partial charge in [0, 0.05) is 26.0 Å². The summed E-state index contributed by atoms with van der Waals surface area (Å²) < 4.78 is 1.07. The molecule has 0 unspecified atom stereocenters. The minimum absolute atomic E-state index is 0.744. The van der Waals surface area contributed by atoms with Crippen LogP contribution in [-0.4, -0.2) is 4.98 Å². The van der Waals surface area contributed by atoms with E-state index in [1.54, 1.807) is 11.3 Å². The highest BCUT2D eigenvalue weighted by atomic mass is 79.9. The number of aromatic nitrogens is 1. The van der Waals surface area contributed by atoms with Crippen molar-refractivity contribution in [2.45, 2.75) is 0 Å². The second-order valence-corrected chi connectivity index (χ2v) is 6.26. The molecule has 0 amide bonds. The number of hydrogen-bond donors (Lipinski definition) is 0. The summed E-state index contributed by atoms with van der Waals surface area (Å²) in [6.45, 7) is 0. The molecule has 1 aromatic heterocycles. The van der Waals surface area contributed by atoms with E-state index in [1.165, 1.54) is 0 Å². The second kappa shape index (κ2) is 5.45. The van der Waals surface area contributed by atoms with Gasteiger partial charge in [0.25, 0.3) is 0 Å². The quantitative estimate of drug-likeness (QED) is 0.561. The third kappa shape index (κ3) is 2.89. The molecule has 0 saturated heterocycles. The van der Waals surface area contributed by atoms with Crippen molar-refractivity contribution in [3.8, 4) is 21.8 Å². The summed E-state index contributed by atoms with van der Waals surface area (Å²) in [5, 5.41) is 3.83. The maximum atomic E-state index is 5.89. The van der Waals surface area contributed by atoms with Gasteiger partial charge in [-0.1, -0.05) is 51.8 Å². The number of benzene rings is 2. The minimum Gasteiger partial charge on any atom is -0.236 e. The van der Waals surface area contributed by atoms with E-state index in [9.17, 15) is 0 Å². The Hall–Kier alpha value is -1.16. The summed E-state index contributed by atoms with van der Waals surface area (Å²) >= 11 is 11.0. The van der Waals surface area contributed by atoms with Crippen molar-refractivity contribution in [2.24, 2.45) is 0 Å². The molecular formula is C15H9BrClNS. The molecule has 0 atom stereocenters. The van der Waals surface area contributed by atoms with Gasteiger partial charge in [-0.25, -0.2) is 4.98 Å². The standard InChI is InChI=1S/C15H9BrClNS/c16-12-5-1-10(2-6-12)14-9-19-15(18-14)11-3-7-13(17)8-4-11/h1-9H. The van der Waals surface area contributed by atoms with Crippen LogP contribution in [0, 0.1) is 0 Å². The van der Waals surface area contributed by atoms with Crippen LogP contribution in [0.4, 0.5) is 0 Å². The summed E-state index contributed by atoms with van der Waals surface area (Å²) in [5.74, 6) is 0. The normalized spacial score (nSPS) is 10.6. The van der Waals surface area contributed by atoms with Gasteiger partial charge in [-0.15, -0.1) is 11.3 Å². The lowest BCUT2D eigenvalue weighted by molar-refractivity contribution is 1.40. The van der Waals surface area contributed by atoms with Crippen LogP contribution in [0.2, 0.25) is 5.02 Å². The Labute approximate surface area is 129 Å². The van der Waals surface area contributed by atoms with Crippen molar-refractivity contribution in [2.75, 3.05) is 0 Å². The third-order valence-electron chi connectivity index (χ3n) is 2.74. The highest BCUT2D eigenvalue weighted by Crippen LogP contribution is 2.30. The first-order valence-electron chi connectivity index (χ1n) is 5.70.